The van der Waals surface area contributed by atoms with Gasteiger partial charge in [0.2, 0.25) is 17.8 Å². The molecule has 25 nitrogen and oxygen atoms in total. The lowest BCUT2D eigenvalue weighted by Gasteiger charge is -2.47. The van der Waals surface area contributed by atoms with Gasteiger partial charge in [-0.3, -0.25) is 23.7 Å². The molecule has 3 aromatic heterocycles. The summed E-state index contributed by atoms with van der Waals surface area (Å²) in [6.07, 6.45) is -2.20. The number of aryl methyl sites for hydroxylation is 1. The molecule has 354 valence electrons. The Labute approximate surface area is 364 Å². The lowest BCUT2D eigenvalue weighted by atomic mass is 9.79. The third kappa shape index (κ3) is 11.8. The SMILES string of the molecule is Cc1cc(=O)oc2cc3c(cc12)C(C)CC(C)(C)N3CCCC(=O)NCCCCCCNc1nc2c(=O)[nH]c(N)nc2n1[C@@H]1O[C@H](COP(=O)(O)OP(=O)(O)OP(=O)(O)O)[C@@H](O)[C@H]1O. The molecule has 3 unspecified atom stereocenters. The Morgan fingerprint density at radius 3 is 2.39 bits per heavy atom. The van der Waals surface area contributed by atoms with Crippen LogP contribution in [0.25, 0.3) is 22.1 Å². The number of benzene rings is 1. The van der Waals surface area contributed by atoms with Crippen LogP contribution in [0.1, 0.15) is 89.0 Å². The smallest absolute Gasteiger partial charge is 0.423 e. The van der Waals surface area contributed by atoms with Crippen molar-refractivity contribution >= 4 is 69.1 Å². The van der Waals surface area contributed by atoms with Crippen LogP contribution in [0, 0.1) is 6.92 Å². The fourth-order valence-electron chi connectivity index (χ4n) is 8.15. The number of aliphatic hydroxyl groups is 2. The van der Waals surface area contributed by atoms with E-state index < -0.39 is 65.8 Å². The molecule has 2 aliphatic heterocycles. The number of rotatable bonds is 20. The second kappa shape index (κ2) is 19.4. The van der Waals surface area contributed by atoms with Gasteiger partial charge in [-0.25, -0.2) is 23.5 Å². The Hall–Kier alpha value is -4.06. The molecule has 11 N–H and O–H groups in total. The molecule has 64 heavy (non-hydrogen) atoms. The summed E-state index contributed by atoms with van der Waals surface area (Å²) in [5, 5.41) is 28.6. The number of amides is 1. The molecule has 1 saturated heterocycles. The third-order valence-electron chi connectivity index (χ3n) is 10.9. The van der Waals surface area contributed by atoms with Crippen molar-refractivity contribution in [2.45, 2.75) is 109 Å². The van der Waals surface area contributed by atoms with Gasteiger partial charge >= 0.3 is 29.1 Å². The molecule has 0 saturated carbocycles. The summed E-state index contributed by atoms with van der Waals surface area (Å²) in [5.74, 6) is -0.114. The Morgan fingerprint density at radius 2 is 1.69 bits per heavy atom. The van der Waals surface area contributed by atoms with Crippen molar-refractivity contribution in [2.24, 2.45) is 0 Å². The van der Waals surface area contributed by atoms with E-state index in [4.69, 9.17) is 24.7 Å². The number of aromatic amines is 1. The standard InChI is InChI=1S/C36H53N8O17P3/c1-19-14-27(46)58-24-16-23-21(15-22(19)24)20(2)17-36(3,4)43(23)13-9-10-26(45)38-11-7-5-6-8-12-39-35-40-28-31(41-34(37)42-32(28)49)44(35)33-30(48)29(47)25(59-33)18-57-63(53,54)61-64(55,56)60-62(50,51)52/h14-16,20,25,29-30,33,47-48H,5-13,17-18H2,1-4H3,(H,38,45)(H,39,40)(H,53,54)(H,55,56)(H2,50,51,52)(H3,37,41,42,49)/t20?,25-,29-,30-,33-/m1/s1. The van der Waals surface area contributed by atoms with Crippen LogP contribution < -0.4 is 32.5 Å². The Balaban J connectivity index is 0.974. The highest BCUT2D eigenvalue weighted by Crippen LogP contribution is 2.66. The third-order valence-corrected chi connectivity index (χ3v) is 14.7. The molecule has 5 heterocycles. The van der Waals surface area contributed by atoms with Gasteiger partial charge < -0.3 is 60.2 Å². The fraction of sp³-hybridized carbons (Fsp3) is 0.583. The van der Waals surface area contributed by atoms with E-state index in [1.165, 1.54) is 11.6 Å². The van der Waals surface area contributed by atoms with Crippen LogP contribution in [-0.4, -0.2) is 105 Å². The largest absolute Gasteiger partial charge is 0.490 e. The molecular weight excluding hydrogens is 909 g/mol. The maximum Gasteiger partial charge on any atom is 0.490 e. The van der Waals surface area contributed by atoms with Gasteiger partial charge in [0.25, 0.3) is 5.56 Å². The van der Waals surface area contributed by atoms with Gasteiger partial charge in [-0.05, 0) is 69.6 Å². The van der Waals surface area contributed by atoms with Crippen LogP contribution >= 0.6 is 23.5 Å². The Morgan fingerprint density at radius 1 is 0.984 bits per heavy atom. The lowest BCUT2D eigenvalue weighted by Crippen LogP contribution is -2.49. The van der Waals surface area contributed by atoms with E-state index in [2.05, 4.69) is 70.5 Å². The van der Waals surface area contributed by atoms with Crippen molar-refractivity contribution in [3.8, 4) is 0 Å². The molecule has 1 aromatic carbocycles. The van der Waals surface area contributed by atoms with Crippen molar-refractivity contribution in [1.82, 2.24) is 24.8 Å². The summed E-state index contributed by atoms with van der Waals surface area (Å²) in [6.45, 7) is 8.79. The summed E-state index contributed by atoms with van der Waals surface area (Å²) >= 11 is 0. The average Bonchev–Trinajstić information content (AvgIpc) is 3.65. The van der Waals surface area contributed by atoms with E-state index in [1.54, 1.807) is 0 Å². The number of nitrogens with zero attached hydrogens (tertiary/aromatic N) is 4. The zero-order valence-electron chi connectivity index (χ0n) is 35.3. The number of nitrogens with two attached hydrogens (primary N) is 1. The molecule has 4 aromatic rings. The predicted molar refractivity (Wildman–Crippen MR) is 229 cm³/mol. The fourth-order valence-corrected chi connectivity index (χ4v) is 11.2. The van der Waals surface area contributed by atoms with Gasteiger partial charge in [0, 0.05) is 54.8 Å². The maximum atomic E-state index is 12.8. The number of nitrogens with one attached hydrogen (secondary N) is 3. The summed E-state index contributed by atoms with van der Waals surface area (Å²) in [5.41, 5.74) is 7.69. The summed E-state index contributed by atoms with van der Waals surface area (Å²) in [6, 6.07) is 5.57. The van der Waals surface area contributed by atoms with Crippen LogP contribution in [0.4, 0.5) is 17.6 Å². The number of anilines is 3. The van der Waals surface area contributed by atoms with E-state index in [-0.39, 0.29) is 34.5 Å². The van der Waals surface area contributed by atoms with Crippen LogP contribution in [0.3, 0.4) is 0 Å². The van der Waals surface area contributed by atoms with E-state index in [0.29, 0.717) is 56.8 Å². The Bertz CT molecular complexity index is 2630. The molecule has 0 aliphatic carbocycles. The van der Waals surface area contributed by atoms with E-state index in [9.17, 15) is 48.1 Å². The normalized spacial score (nSPS) is 22.9. The molecule has 0 radical (unpaired) electrons. The lowest BCUT2D eigenvalue weighted by molar-refractivity contribution is -0.121. The van der Waals surface area contributed by atoms with Crippen molar-refractivity contribution in [2.75, 3.05) is 42.2 Å². The zero-order chi connectivity index (χ0) is 46.9. The van der Waals surface area contributed by atoms with Crippen LogP contribution in [0.15, 0.2) is 32.2 Å². The van der Waals surface area contributed by atoms with Gasteiger partial charge in [0.1, 0.15) is 23.9 Å². The number of carbonyl (C=O) groups excluding carboxylic acids is 1. The number of hydrogen-bond donors (Lipinski definition) is 10. The molecule has 1 amide bonds. The van der Waals surface area contributed by atoms with Crippen molar-refractivity contribution in [3.63, 3.8) is 0 Å². The number of imidazole rings is 1. The van der Waals surface area contributed by atoms with Gasteiger partial charge in [-0.15, -0.1) is 0 Å². The molecular formula is C36H53N8O17P3. The minimum absolute atomic E-state index is 0.0309. The second-order valence-electron chi connectivity index (χ2n) is 16.4. The monoisotopic (exact) mass is 962 g/mol. The van der Waals surface area contributed by atoms with Crippen LogP contribution in [0.5, 0.6) is 0 Å². The van der Waals surface area contributed by atoms with Gasteiger partial charge in [-0.1, -0.05) is 19.8 Å². The van der Waals surface area contributed by atoms with Crippen LogP contribution in [0.2, 0.25) is 0 Å². The highest BCUT2D eigenvalue weighted by Gasteiger charge is 2.48. The van der Waals surface area contributed by atoms with Gasteiger partial charge in [0.15, 0.2) is 17.4 Å². The first-order valence-electron chi connectivity index (χ1n) is 20.3. The first-order valence-corrected chi connectivity index (χ1v) is 24.8. The first-order chi connectivity index (χ1) is 29.8. The number of unbranched alkanes of at least 4 members (excludes halogenated alkanes) is 3. The average molecular weight is 963 g/mol. The number of phosphoric ester groups is 1. The number of H-pyrrole nitrogens is 1. The van der Waals surface area contributed by atoms with Crippen molar-refractivity contribution in [3.05, 3.63) is 50.1 Å². The zero-order valence-corrected chi connectivity index (χ0v) is 38.0. The molecule has 7 atom stereocenters. The molecule has 0 bridgehead atoms. The maximum absolute atomic E-state index is 12.8. The number of aliphatic hydroxyl groups excluding tert-OH is 2. The molecule has 2 aliphatic rings. The minimum Gasteiger partial charge on any atom is -0.423 e. The van der Waals surface area contributed by atoms with Crippen molar-refractivity contribution < 1.29 is 70.6 Å². The van der Waals surface area contributed by atoms with E-state index >= 15 is 0 Å². The number of aromatic nitrogens is 4. The number of fused-ring (bicyclic) bond motifs is 3. The first kappa shape index (κ1) is 49.4. The molecule has 0 spiro atoms. The van der Waals surface area contributed by atoms with Crippen LogP contribution in [-0.2, 0) is 36.4 Å². The Kier molecular flexibility index (Phi) is 15.0. The van der Waals surface area contributed by atoms with E-state index in [0.717, 1.165) is 40.5 Å². The predicted octanol–water partition coefficient (Wildman–Crippen LogP) is 2.74. The number of ether oxygens (including phenoxy) is 1. The molecule has 1 fully saturated rings. The summed E-state index contributed by atoms with van der Waals surface area (Å²) in [7, 11) is -17.1. The number of hydrogen-bond acceptors (Lipinski definition) is 18. The number of carbonyl (C=O) groups is 1. The highest BCUT2D eigenvalue weighted by atomic mass is 31.3. The highest BCUT2D eigenvalue weighted by molar-refractivity contribution is 7.66. The number of nitrogen functional groups attached to an aromatic ring is 1. The minimum atomic E-state index is -5.83. The van der Waals surface area contributed by atoms with Crippen molar-refractivity contribution in [1.29, 1.82) is 0 Å². The number of phosphoric acid groups is 3. The summed E-state index contributed by atoms with van der Waals surface area (Å²) < 4.78 is 59.2. The van der Waals surface area contributed by atoms with E-state index in [1.807, 2.05) is 13.0 Å². The topological polar surface area (TPSA) is 374 Å². The van der Waals surface area contributed by atoms with Gasteiger partial charge in [0.05, 0.1) is 6.61 Å². The van der Waals surface area contributed by atoms with Gasteiger partial charge in [-0.2, -0.15) is 13.6 Å². The molecule has 6 rings (SSSR count). The second-order valence-corrected chi connectivity index (χ2v) is 20.8. The molecule has 28 heteroatoms. The quantitative estimate of drug-likeness (QED) is 0.0346. The summed E-state index contributed by atoms with van der Waals surface area (Å²) in [4.78, 5) is 87.4.